The van der Waals surface area contributed by atoms with E-state index in [-0.39, 0.29) is 17.1 Å². The number of halogens is 1. The fourth-order valence-corrected chi connectivity index (χ4v) is 3.46. The van der Waals surface area contributed by atoms with Gasteiger partial charge in [-0.3, -0.25) is 9.59 Å². The van der Waals surface area contributed by atoms with Crippen molar-refractivity contribution in [3.05, 3.63) is 94.5 Å². The molecule has 166 valence electrons. The van der Waals surface area contributed by atoms with Gasteiger partial charge in [-0.05, 0) is 47.7 Å². The van der Waals surface area contributed by atoms with Crippen molar-refractivity contribution in [3.8, 4) is 5.75 Å². The first-order valence-electron chi connectivity index (χ1n) is 10.7. The lowest BCUT2D eigenvalue weighted by molar-refractivity contribution is -0.122. The zero-order chi connectivity index (χ0) is 23.3. The monoisotopic (exact) mass is 449 g/mol. The molecule has 0 saturated heterocycles. The molecule has 0 spiro atoms. The molecule has 0 fully saturated rings. The number of rotatable bonds is 7. The number of amides is 1. The zero-order valence-electron chi connectivity index (χ0n) is 18.8. The molecule has 0 aromatic heterocycles. The predicted octanol–water partition coefficient (Wildman–Crippen LogP) is 6.66. The van der Waals surface area contributed by atoms with Crippen LogP contribution in [-0.4, -0.2) is 17.8 Å². The fraction of sp³-hybridized carbons (Fsp3) is 0.259. The first-order valence-corrected chi connectivity index (χ1v) is 11.0. The molecular formula is C27H28ClNO3. The Bertz CT molecular complexity index is 1100. The van der Waals surface area contributed by atoms with E-state index in [0.717, 1.165) is 0 Å². The number of nitrogens with one attached hydrogen (secondary N) is 1. The third-order valence-corrected chi connectivity index (χ3v) is 5.38. The standard InChI is InChI=1S/C27H28ClNO3/c1-5-24(32-23-11-7-9-21(28)17-23)26(31)29-22-10-6-8-19(16-22)25(30)18-12-14-20(15-13-18)27(2,3)4/h6-17,24H,5H2,1-4H3,(H,29,31)/t24-/m1/s1. The Labute approximate surface area is 194 Å². The second-order valence-electron chi connectivity index (χ2n) is 8.70. The maximum Gasteiger partial charge on any atom is 0.265 e. The molecule has 0 aliphatic carbocycles. The van der Waals surface area contributed by atoms with Gasteiger partial charge in [0.1, 0.15) is 5.75 Å². The summed E-state index contributed by atoms with van der Waals surface area (Å²) in [7, 11) is 0. The molecule has 3 rings (SSSR count). The summed E-state index contributed by atoms with van der Waals surface area (Å²) in [5, 5.41) is 3.40. The number of carbonyl (C=O) groups is 2. The Kier molecular flexibility index (Phi) is 7.37. The minimum Gasteiger partial charge on any atom is -0.481 e. The zero-order valence-corrected chi connectivity index (χ0v) is 19.6. The van der Waals surface area contributed by atoms with Crippen LogP contribution in [0.1, 0.15) is 55.6 Å². The second kappa shape index (κ2) is 10.0. The van der Waals surface area contributed by atoms with Crippen LogP contribution in [0.4, 0.5) is 5.69 Å². The third kappa shape index (κ3) is 5.98. The van der Waals surface area contributed by atoms with Crippen LogP contribution in [0.5, 0.6) is 5.75 Å². The van der Waals surface area contributed by atoms with Crippen LogP contribution < -0.4 is 10.1 Å². The van der Waals surface area contributed by atoms with E-state index in [0.29, 0.717) is 34.0 Å². The Morgan fingerprint density at radius 2 is 1.62 bits per heavy atom. The van der Waals surface area contributed by atoms with Crippen molar-refractivity contribution in [2.45, 2.75) is 45.6 Å². The smallest absolute Gasteiger partial charge is 0.265 e. The van der Waals surface area contributed by atoms with Gasteiger partial charge in [-0.15, -0.1) is 0 Å². The van der Waals surface area contributed by atoms with E-state index in [1.54, 1.807) is 48.5 Å². The van der Waals surface area contributed by atoms with Crippen LogP contribution in [0.25, 0.3) is 0 Å². The van der Waals surface area contributed by atoms with Crippen molar-refractivity contribution in [3.63, 3.8) is 0 Å². The minimum absolute atomic E-state index is 0.0226. The van der Waals surface area contributed by atoms with Gasteiger partial charge in [0.2, 0.25) is 0 Å². The highest BCUT2D eigenvalue weighted by Gasteiger charge is 2.20. The number of hydrogen-bond acceptors (Lipinski definition) is 3. The van der Waals surface area contributed by atoms with Crippen molar-refractivity contribution in [1.29, 1.82) is 0 Å². The molecule has 0 bridgehead atoms. The number of ketones is 1. The first kappa shape index (κ1) is 23.6. The molecule has 1 N–H and O–H groups in total. The summed E-state index contributed by atoms with van der Waals surface area (Å²) in [4.78, 5) is 25.7. The molecule has 0 saturated carbocycles. The fourth-order valence-electron chi connectivity index (χ4n) is 3.28. The Morgan fingerprint density at radius 1 is 0.938 bits per heavy atom. The lowest BCUT2D eigenvalue weighted by atomic mass is 9.86. The van der Waals surface area contributed by atoms with E-state index in [4.69, 9.17) is 16.3 Å². The van der Waals surface area contributed by atoms with Gasteiger partial charge < -0.3 is 10.1 Å². The average molecular weight is 450 g/mol. The largest absolute Gasteiger partial charge is 0.481 e. The molecule has 4 nitrogen and oxygen atoms in total. The molecule has 5 heteroatoms. The van der Waals surface area contributed by atoms with E-state index in [9.17, 15) is 9.59 Å². The van der Waals surface area contributed by atoms with Crippen molar-refractivity contribution in [2.75, 3.05) is 5.32 Å². The quantitative estimate of drug-likeness (QED) is 0.410. The van der Waals surface area contributed by atoms with Gasteiger partial charge >= 0.3 is 0 Å². The number of anilines is 1. The Balaban J connectivity index is 1.72. The predicted molar refractivity (Wildman–Crippen MR) is 130 cm³/mol. The average Bonchev–Trinajstić information content (AvgIpc) is 2.76. The molecule has 0 unspecified atom stereocenters. The summed E-state index contributed by atoms with van der Waals surface area (Å²) >= 11 is 6.00. The molecular weight excluding hydrogens is 422 g/mol. The van der Waals surface area contributed by atoms with Crippen LogP contribution >= 0.6 is 11.6 Å². The van der Waals surface area contributed by atoms with Crippen molar-refractivity contribution in [2.24, 2.45) is 0 Å². The maximum absolute atomic E-state index is 13.0. The summed E-state index contributed by atoms with van der Waals surface area (Å²) in [6.07, 6.45) is -0.199. The van der Waals surface area contributed by atoms with E-state index >= 15 is 0 Å². The second-order valence-corrected chi connectivity index (χ2v) is 9.14. The number of carbonyl (C=O) groups excluding carboxylic acids is 2. The topological polar surface area (TPSA) is 55.4 Å². The summed E-state index contributed by atoms with van der Waals surface area (Å²) in [5.74, 6) is 0.150. The van der Waals surface area contributed by atoms with Gasteiger partial charge in [0.15, 0.2) is 11.9 Å². The van der Waals surface area contributed by atoms with Crippen LogP contribution in [0, 0.1) is 0 Å². The molecule has 0 aliphatic rings. The minimum atomic E-state index is -0.683. The normalized spacial score (nSPS) is 12.2. The molecule has 0 heterocycles. The molecule has 32 heavy (non-hydrogen) atoms. The molecule has 0 radical (unpaired) electrons. The Hall–Kier alpha value is -3.11. The summed E-state index contributed by atoms with van der Waals surface area (Å²) in [5.41, 5.74) is 2.85. The van der Waals surface area contributed by atoms with Crippen molar-refractivity contribution in [1.82, 2.24) is 0 Å². The number of ether oxygens (including phenoxy) is 1. The van der Waals surface area contributed by atoms with Crippen LogP contribution in [0.15, 0.2) is 72.8 Å². The van der Waals surface area contributed by atoms with Crippen LogP contribution in [0.3, 0.4) is 0 Å². The number of benzene rings is 3. The molecule has 1 atom stereocenters. The highest BCUT2D eigenvalue weighted by Crippen LogP contribution is 2.24. The van der Waals surface area contributed by atoms with Crippen LogP contribution in [0.2, 0.25) is 5.02 Å². The van der Waals surface area contributed by atoms with Crippen LogP contribution in [-0.2, 0) is 10.2 Å². The van der Waals surface area contributed by atoms with Gasteiger partial charge in [-0.25, -0.2) is 0 Å². The van der Waals surface area contributed by atoms with Gasteiger partial charge in [0, 0.05) is 21.8 Å². The lowest BCUT2D eigenvalue weighted by Gasteiger charge is -2.19. The van der Waals surface area contributed by atoms with Gasteiger partial charge in [0.05, 0.1) is 0 Å². The van der Waals surface area contributed by atoms with Crippen molar-refractivity contribution < 1.29 is 14.3 Å². The van der Waals surface area contributed by atoms with E-state index in [2.05, 4.69) is 26.1 Å². The van der Waals surface area contributed by atoms with Gasteiger partial charge in [-0.1, -0.05) is 81.8 Å². The number of hydrogen-bond donors (Lipinski definition) is 1. The molecule has 3 aromatic rings. The van der Waals surface area contributed by atoms with E-state index in [1.807, 2.05) is 31.2 Å². The summed E-state index contributed by atoms with van der Waals surface area (Å²) in [6, 6.07) is 21.5. The molecule has 0 aliphatic heterocycles. The first-order chi connectivity index (χ1) is 15.2. The SMILES string of the molecule is CC[C@@H](Oc1cccc(Cl)c1)C(=O)Nc1cccc(C(=O)c2ccc(C(C)(C)C)cc2)c1. The maximum atomic E-state index is 13.0. The van der Waals surface area contributed by atoms with Gasteiger partial charge in [0.25, 0.3) is 5.91 Å². The third-order valence-electron chi connectivity index (χ3n) is 5.14. The van der Waals surface area contributed by atoms with Crippen molar-refractivity contribution >= 4 is 29.0 Å². The molecule has 1 amide bonds. The molecule has 3 aromatic carbocycles. The summed E-state index contributed by atoms with van der Waals surface area (Å²) in [6.45, 7) is 8.27. The highest BCUT2D eigenvalue weighted by molar-refractivity contribution is 6.30. The lowest BCUT2D eigenvalue weighted by Crippen LogP contribution is -2.32. The highest BCUT2D eigenvalue weighted by atomic mass is 35.5. The Morgan fingerprint density at radius 3 is 2.25 bits per heavy atom. The van der Waals surface area contributed by atoms with E-state index < -0.39 is 6.10 Å². The van der Waals surface area contributed by atoms with Gasteiger partial charge in [-0.2, -0.15) is 0 Å². The summed E-state index contributed by atoms with van der Waals surface area (Å²) < 4.78 is 5.80. The van der Waals surface area contributed by atoms with E-state index in [1.165, 1.54) is 5.56 Å².